The van der Waals surface area contributed by atoms with Crippen molar-refractivity contribution in [3.05, 3.63) is 71.0 Å². The quantitative estimate of drug-likeness (QED) is 0.0820. The fraction of sp³-hybridized carbons (Fsp3) is 0.379. The molecule has 1 aliphatic rings. The summed E-state index contributed by atoms with van der Waals surface area (Å²) in [5, 5.41) is 15.0. The number of esters is 1. The van der Waals surface area contributed by atoms with Gasteiger partial charge in [-0.05, 0) is 36.8 Å². The number of nitrogens with two attached hydrogens (primary N) is 1. The molecule has 4 unspecified atom stereocenters. The van der Waals surface area contributed by atoms with Gasteiger partial charge in [-0.25, -0.2) is 18.0 Å². The third-order valence-corrected chi connectivity index (χ3v) is 10.2. The Hall–Kier alpha value is -3.68. The maximum atomic E-state index is 14.1. The number of hydrogen-bond acceptors (Lipinski definition) is 14. The Morgan fingerprint density at radius 2 is 1.90 bits per heavy atom. The molecule has 6 atom stereocenters. The van der Waals surface area contributed by atoms with Crippen molar-refractivity contribution in [3.63, 3.8) is 0 Å². The molecule has 5 rings (SSSR count). The standard InChI is InChI=1S/C29H36BrN8O9PS/c1-17-24(39)22(46-27(17)38-16-32-23-25(33-29(31)34-26(23)38)37(3)36-49(4,42)43)15-45-48(41,47-21-12-10-20(30)11-13-21)35-18(2)28(40)44-14-19-8-6-5-7-9-19/h5-13,16-18,22,24,27,36,39H,14-15H2,1-4H3,(H,35,41)(H2,31,33,34)/t17-,18?,22?,24-,27?,48?/m0/s1. The molecule has 0 spiro atoms. The average molecular weight is 784 g/mol. The van der Waals surface area contributed by atoms with Crippen molar-refractivity contribution in [1.29, 1.82) is 0 Å². The van der Waals surface area contributed by atoms with Gasteiger partial charge in [-0.3, -0.25) is 18.9 Å². The van der Waals surface area contributed by atoms with E-state index in [1.807, 2.05) is 18.2 Å². The molecule has 20 heteroatoms. The largest absolute Gasteiger partial charge is 0.460 e. The van der Waals surface area contributed by atoms with Gasteiger partial charge in [-0.1, -0.05) is 53.2 Å². The minimum Gasteiger partial charge on any atom is -0.460 e. The van der Waals surface area contributed by atoms with Crippen molar-refractivity contribution in [2.45, 2.75) is 44.9 Å². The maximum Gasteiger partial charge on any atom is 0.459 e. The third-order valence-electron chi connectivity index (χ3n) is 7.38. The van der Waals surface area contributed by atoms with Crippen LogP contribution in [-0.2, 0) is 40.0 Å². The lowest BCUT2D eigenvalue weighted by atomic mass is 10.0. The first-order valence-corrected chi connectivity index (χ1v) is 19.1. The van der Waals surface area contributed by atoms with Crippen molar-refractivity contribution < 1.29 is 41.4 Å². The highest BCUT2D eigenvalue weighted by molar-refractivity contribution is 9.10. The minimum atomic E-state index is -4.30. The van der Waals surface area contributed by atoms with Gasteiger partial charge in [0.05, 0.1) is 25.3 Å². The molecular formula is C29H36BrN8O9PS. The number of carbonyl (C=O) groups is 1. The number of nitrogens with one attached hydrogen (secondary N) is 2. The summed E-state index contributed by atoms with van der Waals surface area (Å²) in [5.41, 5.74) is 7.15. The van der Waals surface area contributed by atoms with Crippen LogP contribution < -0.4 is 25.2 Å². The summed E-state index contributed by atoms with van der Waals surface area (Å²) in [4.78, 5) is 27.9. The van der Waals surface area contributed by atoms with E-state index in [-0.39, 0.29) is 35.3 Å². The second kappa shape index (κ2) is 15.1. The number of anilines is 2. The Balaban J connectivity index is 1.33. The second-order valence-corrected chi connectivity index (χ2v) is 15.7. The number of carbonyl (C=O) groups excluding carboxylic acids is 1. The molecule has 264 valence electrons. The number of rotatable bonds is 14. The fourth-order valence-corrected chi connectivity index (χ4v) is 7.37. The number of benzene rings is 2. The number of nitrogens with zero attached hydrogens (tertiary/aromatic N) is 5. The molecule has 0 aliphatic carbocycles. The van der Waals surface area contributed by atoms with Crippen LogP contribution in [0.1, 0.15) is 25.6 Å². The van der Waals surface area contributed by atoms with Crippen molar-refractivity contribution in [2.75, 3.05) is 30.7 Å². The van der Waals surface area contributed by atoms with E-state index in [1.165, 1.54) is 24.9 Å². The summed E-state index contributed by atoms with van der Waals surface area (Å²) < 4.78 is 63.2. The van der Waals surface area contributed by atoms with Crippen LogP contribution in [0.25, 0.3) is 11.2 Å². The Labute approximate surface area is 290 Å². The Morgan fingerprint density at radius 3 is 2.57 bits per heavy atom. The van der Waals surface area contributed by atoms with Crippen LogP contribution >= 0.6 is 23.7 Å². The van der Waals surface area contributed by atoms with E-state index < -0.39 is 60.7 Å². The van der Waals surface area contributed by atoms with Gasteiger partial charge in [-0.15, -0.1) is 4.83 Å². The summed E-state index contributed by atoms with van der Waals surface area (Å²) in [5.74, 6) is -1.14. The molecule has 0 amide bonds. The molecule has 0 bridgehead atoms. The summed E-state index contributed by atoms with van der Waals surface area (Å²) in [6, 6.07) is 14.5. The number of halogens is 1. The summed E-state index contributed by atoms with van der Waals surface area (Å²) >= 11 is 3.34. The van der Waals surface area contributed by atoms with Gasteiger partial charge in [0.25, 0.3) is 0 Å². The smallest absolute Gasteiger partial charge is 0.459 e. The number of imidazole rings is 1. The molecular weight excluding hydrogens is 747 g/mol. The SMILES string of the molecule is CC(NP(=O)(OCC1OC(n2cnc3c(N(C)NS(C)(=O)=O)nc(N)nc32)[C@@H](C)[C@@H]1O)Oc1ccc(Br)cc1)C(=O)OCc1ccccc1. The second-order valence-electron chi connectivity index (χ2n) is 11.3. The molecule has 0 saturated carbocycles. The zero-order valence-corrected chi connectivity index (χ0v) is 30.1. The number of aliphatic hydroxyl groups is 1. The average Bonchev–Trinajstić information content (AvgIpc) is 3.58. The highest BCUT2D eigenvalue weighted by Gasteiger charge is 2.44. The van der Waals surface area contributed by atoms with Crippen molar-refractivity contribution >= 4 is 62.6 Å². The lowest BCUT2D eigenvalue weighted by molar-refractivity contribution is -0.146. The van der Waals surface area contributed by atoms with E-state index in [4.69, 9.17) is 24.3 Å². The molecule has 0 radical (unpaired) electrons. The number of hydrazine groups is 1. The van der Waals surface area contributed by atoms with E-state index in [9.17, 15) is 22.9 Å². The number of hydrogen-bond donors (Lipinski definition) is 4. The molecule has 4 aromatic rings. The highest BCUT2D eigenvalue weighted by Crippen LogP contribution is 2.47. The molecule has 1 fully saturated rings. The molecule has 3 heterocycles. The first-order chi connectivity index (χ1) is 23.1. The van der Waals surface area contributed by atoms with Crippen LogP contribution in [0.5, 0.6) is 5.75 Å². The lowest BCUT2D eigenvalue weighted by Gasteiger charge is -2.24. The third kappa shape index (κ3) is 9.11. The van der Waals surface area contributed by atoms with E-state index >= 15 is 0 Å². The van der Waals surface area contributed by atoms with E-state index in [0.717, 1.165) is 21.3 Å². The first-order valence-electron chi connectivity index (χ1n) is 14.9. The van der Waals surface area contributed by atoms with Gasteiger partial charge in [0.1, 0.15) is 30.7 Å². The summed E-state index contributed by atoms with van der Waals surface area (Å²) in [7, 11) is -6.52. The van der Waals surface area contributed by atoms with Gasteiger partial charge in [0.15, 0.2) is 17.0 Å². The van der Waals surface area contributed by atoms with Gasteiger partial charge in [0.2, 0.25) is 16.0 Å². The Bertz CT molecular complexity index is 1940. The predicted molar refractivity (Wildman–Crippen MR) is 182 cm³/mol. The Morgan fingerprint density at radius 1 is 1.20 bits per heavy atom. The van der Waals surface area contributed by atoms with Crippen LogP contribution in [0.2, 0.25) is 0 Å². The van der Waals surface area contributed by atoms with Crippen LogP contribution in [0.3, 0.4) is 0 Å². The van der Waals surface area contributed by atoms with Crippen LogP contribution in [0.15, 0.2) is 65.4 Å². The van der Waals surface area contributed by atoms with E-state index in [2.05, 4.69) is 40.8 Å². The molecule has 17 nitrogen and oxygen atoms in total. The number of aromatic nitrogens is 4. The molecule has 2 aromatic carbocycles. The summed E-state index contributed by atoms with van der Waals surface area (Å²) in [6.07, 6.45) is -0.604. The number of ether oxygens (including phenoxy) is 2. The molecule has 2 aromatic heterocycles. The normalized spacial score (nSPS) is 21.3. The first kappa shape index (κ1) is 36.6. The maximum absolute atomic E-state index is 14.1. The minimum absolute atomic E-state index is 0.0112. The van der Waals surface area contributed by atoms with Gasteiger partial charge in [0, 0.05) is 17.4 Å². The Kier molecular flexibility index (Phi) is 11.2. The van der Waals surface area contributed by atoms with Crippen LogP contribution in [-0.4, -0.2) is 77.2 Å². The monoisotopic (exact) mass is 782 g/mol. The fourth-order valence-electron chi connectivity index (χ4n) is 5.02. The van der Waals surface area contributed by atoms with Gasteiger partial charge in [-0.2, -0.15) is 15.1 Å². The van der Waals surface area contributed by atoms with E-state index in [0.29, 0.717) is 0 Å². The number of nitrogen functional groups attached to an aromatic ring is 1. The van der Waals surface area contributed by atoms with Crippen LogP contribution in [0.4, 0.5) is 11.8 Å². The van der Waals surface area contributed by atoms with Crippen LogP contribution in [0, 0.1) is 5.92 Å². The number of fused-ring (bicyclic) bond motifs is 1. The highest BCUT2D eigenvalue weighted by atomic mass is 79.9. The zero-order chi connectivity index (χ0) is 35.5. The van der Waals surface area contributed by atoms with Crippen molar-refractivity contribution in [3.8, 4) is 5.75 Å². The molecule has 49 heavy (non-hydrogen) atoms. The topological polar surface area (TPSA) is 222 Å². The van der Waals surface area contributed by atoms with E-state index in [1.54, 1.807) is 43.3 Å². The molecule has 1 saturated heterocycles. The molecule has 5 N–H and O–H groups in total. The van der Waals surface area contributed by atoms with Crippen molar-refractivity contribution in [2.24, 2.45) is 5.92 Å². The van der Waals surface area contributed by atoms with Crippen molar-refractivity contribution in [1.82, 2.24) is 29.4 Å². The predicted octanol–water partition coefficient (Wildman–Crippen LogP) is 2.89. The number of sulfonamides is 1. The number of aliphatic hydroxyl groups excluding tert-OH is 1. The van der Waals surface area contributed by atoms with Gasteiger partial charge >= 0.3 is 13.7 Å². The van der Waals surface area contributed by atoms with Gasteiger partial charge < -0.3 is 24.8 Å². The summed E-state index contributed by atoms with van der Waals surface area (Å²) in [6.45, 7) is 2.79. The molecule has 1 aliphatic heterocycles. The lowest BCUT2D eigenvalue weighted by Crippen LogP contribution is -2.39. The zero-order valence-electron chi connectivity index (χ0n) is 26.8.